The van der Waals surface area contributed by atoms with Crippen molar-refractivity contribution in [3.8, 4) is 0 Å². The van der Waals surface area contributed by atoms with Crippen LogP contribution in [0.1, 0.15) is 19.8 Å². The van der Waals surface area contributed by atoms with Crippen molar-refractivity contribution in [3.05, 3.63) is 0 Å². The molecule has 33 valence electrons. The minimum atomic E-state index is 0.921. The molecule has 0 saturated carbocycles. The minimum Gasteiger partial charge on any atom is -0.0800 e. The van der Waals surface area contributed by atoms with Crippen molar-refractivity contribution in [3.63, 3.8) is 0 Å². The maximum atomic E-state index is 2.40. The number of hydrogen-bond donors (Lipinski definition) is 0. The molecule has 0 aliphatic carbocycles. The van der Waals surface area contributed by atoms with E-state index in [4.69, 9.17) is 0 Å². The molecule has 0 nitrogen and oxygen atoms in total. The Bertz CT molecular complexity index is 37.2. The first-order valence-corrected chi connectivity index (χ1v) is 2.73. The lowest BCUT2D eigenvalue weighted by Gasteiger charge is -1.90. The van der Waals surface area contributed by atoms with Crippen molar-refractivity contribution < 1.29 is 0 Å². The van der Waals surface area contributed by atoms with E-state index in [1.54, 1.807) is 0 Å². The quantitative estimate of drug-likeness (QED) is 0.389. The second-order valence-electron chi connectivity index (χ2n) is 2.14. The van der Waals surface area contributed by atoms with Gasteiger partial charge in [0.05, 0.1) is 0 Å². The first-order valence-electron chi connectivity index (χ1n) is 2.73. The van der Waals surface area contributed by atoms with Gasteiger partial charge in [-0.3, -0.25) is 0 Å². The van der Waals surface area contributed by atoms with Crippen LogP contribution in [0, 0.1) is 0 Å². The highest BCUT2D eigenvalue weighted by Crippen LogP contribution is 2.21. The van der Waals surface area contributed by atoms with E-state index in [-0.39, 0.29) is 0 Å². The highest BCUT2D eigenvalue weighted by atomic mass is 14.0. The second-order valence-corrected chi connectivity index (χ2v) is 2.14. The van der Waals surface area contributed by atoms with Gasteiger partial charge in [-0.25, -0.2) is 0 Å². The molecule has 0 bridgehead atoms. The van der Waals surface area contributed by atoms with E-state index in [1.807, 2.05) is 0 Å². The third-order valence-corrected chi connectivity index (χ3v) is 1.43. The fraction of sp³-hybridized carbons (Fsp3) is 1.00. The van der Waals surface area contributed by atoms with E-state index in [0.717, 1.165) is 5.82 Å². The first-order chi connectivity index (χ1) is 2.89. The van der Waals surface area contributed by atoms with E-state index >= 15 is 0 Å². The molecule has 0 N–H and O–H groups in total. The molecule has 1 saturated heterocycles. The van der Waals surface area contributed by atoms with Gasteiger partial charge in [0, 0.05) is 0 Å². The van der Waals surface area contributed by atoms with Gasteiger partial charge >= 0.3 is 0 Å². The van der Waals surface area contributed by atoms with Gasteiger partial charge in [0.1, 0.15) is 7.28 Å². The largest absolute Gasteiger partial charge is 0.113 e. The summed E-state index contributed by atoms with van der Waals surface area (Å²) in [6.07, 6.45) is 4.22. The van der Waals surface area contributed by atoms with Crippen molar-refractivity contribution in [2.45, 2.75) is 31.9 Å². The molecule has 1 atom stereocenters. The third-order valence-electron chi connectivity index (χ3n) is 1.43. The monoisotopic (exact) mass is 81.1 g/mol. The Morgan fingerprint density at radius 2 is 2.50 bits per heavy atom. The third kappa shape index (κ3) is 0.765. The lowest BCUT2D eigenvalue weighted by atomic mass is 9.69. The molecular weight excluding hydrogens is 70.9 g/mol. The zero-order chi connectivity index (χ0) is 4.41. The lowest BCUT2D eigenvalue weighted by Crippen LogP contribution is -1.83. The molecule has 6 heavy (non-hydrogen) atoms. The molecule has 1 fully saturated rings. The Kier molecular flexibility index (Phi) is 1.18. The Morgan fingerprint density at radius 1 is 1.67 bits per heavy atom. The molecule has 1 radical (unpaired) electrons. The number of rotatable bonds is 0. The molecule has 0 spiro atoms. The molecular formula is C5H10B. The maximum Gasteiger partial charge on any atom is 0.113 e. The molecule has 1 heterocycles. The molecule has 0 aromatic heterocycles. The van der Waals surface area contributed by atoms with Crippen molar-refractivity contribution in [2.24, 2.45) is 0 Å². The summed E-state index contributed by atoms with van der Waals surface area (Å²) < 4.78 is 0. The standard InChI is InChI=1S/C5H10B/c1-5-3-2-4-6-5/h5H,2-4H2,1H3/t5-/m1/s1. The average molecular weight is 80.9 g/mol. The van der Waals surface area contributed by atoms with E-state index in [2.05, 4.69) is 14.2 Å². The molecule has 1 rings (SSSR count). The van der Waals surface area contributed by atoms with Gasteiger partial charge in [-0.1, -0.05) is 31.9 Å². The summed E-state index contributed by atoms with van der Waals surface area (Å²) in [7, 11) is 2.40. The van der Waals surface area contributed by atoms with Crippen molar-refractivity contribution in [2.75, 3.05) is 0 Å². The van der Waals surface area contributed by atoms with E-state index in [9.17, 15) is 0 Å². The Morgan fingerprint density at radius 3 is 2.67 bits per heavy atom. The maximum absolute atomic E-state index is 2.40. The topological polar surface area (TPSA) is 0 Å². The zero-order valence-electron chi connectivity index (χ0n) is 4.28. The fourth-order valence-electron chi connectivity index (χ4n) is 0.960. The SMILES string of the molecule is C[C@H]1[B]CCC1. The summed E-state index contributed by atoms with van der Waals surface area (Å²) in [4.78, 5) is 0. The van der Waals surface area contributed by atoms with Crippen LogP contribution in [0.15, 0.2) is 0 Å². The van der Waals surface area contributed by atoms with E-state index in [0.29, 0.717) is 0 Å². The van der Waals surface area contributed by atoms with Gasteiger partial charge in [-0.2, -0.15) is 0 Å². The summed E-state index contributed by atoms with van der Waals surface area (Å²) in [6.45, 7) is 2.28. The summed E-state index contributed by atoms with van der Waals surface area (Å²) in [5.41, 5.74) is 0. The van der Waals surface area contributed by atoms with E-state index < -0.39 is 0 Å². The minimum absolute atomic E-state index is 0.921. The molecule has 1 heteroatoms. The molecule has 1 aliphatic heterocycles. The smallest absolute Gasteiger partial charge is 0.0800 e. The van der Waals surface area contributed by atoms with Crippen molar-refractivity contribution >= 4 is 7.28 Å². The van der Waals surface area contributed by atoms with Crippen LogP contribution in [-0.4, -0.2) is 7.28 Å². The fourth-order valence-corrected chi connectivity index (χ4v) is 0.960. The van der Waals surface area contributed by atoms with Crippen LogP contribution in [-0.2, 0) is 0 Å². The van der Waals surface area contributed by atoms with Gasteiger partial charge in [0.25, 0.3) is 0 Å². The van der Waals surface area contributed by atoms with Gasteiger partial charge < -0.3 is 0 Å². The molecule has 0 aromatic rings. The molecule has 0 unspecified atom stereocenters. The predicted molar refractivity (Wildman–Crippen MR) is 29.2 cm³/mol. The van der Waals surface area contributed by atoms with Gasteiger partial charge in [0.2, 0.25) is 0 Å². The van der Waals surface area contributed by atoms with Crippen LogP contribution in [0.3, 0.4) is 0 Å². The van der Waals surface area contributed by atoms with Crippen LogP contribution < -0.4 is 0 Å². The normalized spacial score (nSPS) is 33.2. The lowest BCUT2D eigenvalue weighted by molar-refractivity contribution is 0.821. The van der Waals surface area contributed by atoms with Crippen LogP contribution in [0.5, 0.6) is 0 Å². The Balaban J connectivity index is 2.18. The van der Waals surface area contributed by atoms with Gasteiger partial charge in [0.15, 0.2) is 0 Å². The molecule has 0 aromatic carbocycles. The number of hydrogen-bond acceptors (Lipinski definition) is 0. The highest BCUT2D eigenvalue weighted by molar-refractivity contribution is 6.38. The van der Waals surface area contributed by atoms with Gasteiger partial charge in [-0.05, 0) is 0 Å². The van der Waals surface area contributed by atoms with Crippen LogP contribution in [0.25, 0.3) is 0 Å². The van der Waals surface area contributed by atoms with E-state index in [1.165, 1.54) is 19.2 Å². The Labute approximate surface area is 40.2 Å². The first kappa shape index (κ1) is 4.23. The second kappa shape index (κ2) is 1.68. The summed E-state index contributed by atoms with van der Waals surface area (Å²) in [5.74, 6) is 0.921. The summed E-state index contributed by atoms with van der Waals surface area (Å²) >= 11 is 0. The van der Waals surface area contributed by atoms with Gasteiger partial charge in [-0.15, -0.1) is 0 Å². The predicted octanol–water partition coefficient (Wildman–Crippen LogP) is 1.71. The Hall–Kier alpha value is 0.0649. The summed E-state index contributed by atoms with van der Waals surface area (Å²) in [5, 5.41) is 0. The molecule has 0 amide bonds. The molecule has 1 aliphatic rings. The average Bonchev–Trinajstić information content (AvgIpc) is 1.86. The van der Waals surface area contributed by atoms with Crippen LogP contribution >= 0.6 is 0 Å². The highest BCUT2D eigenvalue weighted by Gasteiger charge is 2.09. The van der Waals surface area contributed by atoms with Crippen molar-refractivity contribution in [1.29, 1.82) is 0 Å². The summed E-state index contributed by atoms with van der Waals surface area (Å²) in [6, 6.07) is 0. The zero-order valence-corrected chi connectivity index (χ0v) is 4.28. The van der Waals surface area contributed by atoms with Crippen molar-refractivity contribution in [1.82, 2.24) is 0 Å². The van der Waals surface area contributed by atoms with Crippen LogP contribution in [0.2, 0.25) is 12.1 Å². The van der Waals surface area contributed by atoms with Crippen LogP contribution in [0.4, 0.5) is 0 Å².